The van der Waals surface area contributed by atoms with Crippen molar-refractivity contribution >= 4 is 0 Å². The fraction of sp³-hybridized carbons (Fsp3) is 0.571. The van der Waals surface area contributed by atoms with Crippen LogP contribution in [0, 0.1) is 11.6 Å². The standard InChI is InChI=1S/C14H21F2NO/c1-5-17-13(9-18-14(2,3)4)11-7-6-10(15)8-12(11)16/h6-8,13,17H,5,9H2,1-4H3. The van der Waals surface area contributed by atoms with Crippen LogP contribution in [0.3, 0.4) is 0 Å². The highest BCUT2D eigenvalue weighted by Gasteiger charge is 2.19. The van der Waals surface area contributed by atoms with Crippen molar-refractivity contribution in [2.24, 2.45) is 0 Å². The van der Waals surface area contributed by atoms with Crippen LogP contribution in [-0.4, -0.2) is 18.8 Å². The van der Waals surface area contributed by atoms with Crippen LogP contribution < -0.4 is 5.32 Å². The van der Waals surface area contributed by atoms with E-state index in [0.717, 1.165) is 6.07 Å². The first kappa shape index (κ1) is 15.1. The lowest BCUT2D eigenvalue weighted by molar-refractivity contribution is -0.0150. The molecule has 1 unspecified atom stereocenters. The predicted octanol–water partition coefficient (Wildman–Crippen LogP) is 3.43. The summed E-state index contributed by atoms with van der Waals surface area (Å²) in [5.41, 5.74) is 0.145. The summed E-state index contributed by atoms with van der Waals surface area (Å²) in [7, 11) is 0. The number of likely N-dealkylation sites (N-methyl/N-ethyl adjacent to an activating group) is 1. The maximum atomic E-state index is 13.7. The summed E-state index contributed by atoms with van der Waals surface area (Å²) in [4.78, 5) is 0. The molecule has 0 radical (unpaired) electrons. The van der Waals surface area contributed by atoms with Gasteiger partial charge < -0.3 is 10.1 Å². The summed E-state index contributed by atoms with van der Waals surface area (Å²) in [5, 5.41) is 3.14. The number of ether oxygens (including phenoxy) is 1. The van der Waals surface area contributed by atoms with Crippen LogP contribution in [0.4, 0.5) is 8.78 Å². The summed E-state index contributed by atoms with van der Waals surface area (Å²) >= 11 is 0. The highest BCUT2D eigenvalue weighted by atomic mass is 19.1. The molecule has 0 aliphatic rings. The summed E-state index contributed by atoms with van der Waals surface area (Å²) in [6.07, 6.45) is 0. The first-order chi connectivity index (χ1) is 8.33. The van der Waals surface area contributed by atoms with Crippen LogP contribution in [0.1, 0.15) is 39.3 Å². The molecule has 1 rings (SSSR count). The van der Waals surface area contributed by atoms with Gasteiger partial charge in [0.2, 0.25) is 0 Å². The quantitative estimate of drug-likeness (QED) is 0.872. The SMILES string of the molecule is CCNC(COC(C)(C)C)c1ccc(F)cc1F. The van der Waals surface area contributed by atoms with E-state index >= 15 is 0 Å². The molecule has 0 bridgehead atoms. The van der Waals surface area contributed by atoms with Gasteiger partial charge in [-0.05, 0) is 33.4 Å². The molecule has 0 saturated heterocycles. The van der Waals surface area contributed by atoms with Crippen molar-refractivity contribution in [3.8, 4) is 0 Å². The van der Waals surface area contributed by atoms with Crippen LogP contribution >= 0.6 is 0 Å². The highest BCUT2D eigenvalue weighted by molar-refractivity contribution is 5.22. The van der Waals surface area contributed by atoms with Crippen molar-refractivity contribution in [1.29, 1.82) is 0 Å². The summed E-state index contributed by atoms with van der Waals surface area (Å²) in [6, 6.07) is 3.36. The van der Waals surface area contributed by atoms with Crippen LogP contribution in [0.2, 0.25) is 0 Å². The summed E-state index contributed by atoms with van der Waals surface area (Å²) in [5.74, 6) is -1.11. The molecular formula is C14H21F2NO. The molecule has 0 aromatic heterocycles. The smallest absolute Gasteiger partial charge is 0.130 e. The molecule has 18 heavy (non-hydrogen) atoms. The maximum Gasteiger partial charge on any atom is 0.130 e. The Kier molecular flexibility index (Phi) is 5.23. The lowest BCUT2D eigenvalue weighted by Crippen LogP contribution is -2.30. The minimum absolute atomic E-state index is 0.269. The Morgan fingerprint density at radius 3 is 2.44 bits per heavy atom. The van der Waals surface area contributed by atoms with E-state index < -0.39 is 11.6 Å². The van der Waals surface area contributed by atoms with Crippen molar-refractivity contribution in [3.63, 3.8) is 0 Å². The Morgan fingerprint density at radius 1 is 1.28 bits per heavy atom. The molecule has 0 spiro atoms. The molecule has 102 valence electrons. The van der Waals surface area contributed by atoms with Gasteiger partial charge in [-0.1, -0.05) is 13.0 Å². The zero-order valence-electron chi connectivity index (χ0n) is 11.4. The molecule has 4 heteroatoms. The third kappa shape index (κ3) is 4.70. The van der Waals surface area contributed by atoms with Crippen LogP contribution in [0.15, 0.2) is 18.2 Å². The van der Waals surface area contributed by atoms with Crippen molar-refractivity contribution in [2.75, 3.05) is 13.2 Å². The minimum atomic E-state index is -0.566. The molecule has 0 amide bonds. The number of halogens is 2. The van der Waals surface area contributed by atoms with Crippen LogP contribution in [-0.2, 0) is 4.74 Å². The normalized spacial score (nSPS) is 13.7. The molecular weight excluding hydrogens is 236 g/mol. The zero-order valence-corrected chi connectivity index (χ0v) is 11.4. The second-order valence-corrected chi connectivity index (χ2v) is 5.20. The largest absolute Gasteiger partial charge is 0.374 e. The molecule has 1 N–H and O–H groups in total. The molecule has 1 atom stereocenters. The van der Waals surface area contributed by atoms with E-state index in [0.29, 0.717) is 18.7 Å². The zero-order chi connectivity index (χ0) is 13.8. The fourth-order valence-electron chi connectivity index (χ4n) is 1.62. The molecule has 0 fully saturated rings. The van der Waals surface area contributed by atoms with E-state index in [1.54, 1.807) is 0 Å². The molecule has 1 aromatic rings. The monoisotopic (exact) mass is 257 g/mol. The Labute approximate surface area is 107 Å². The van der Waals surface area contributed by atoms with Gasteiger partial charge in [0, 0.05) is 11.6 Å². The van der Waals surface area contributed by atoms with E-state index in [1.807, 2.05) is 27.7 Å². The Bertz CT molecular complexity index is 388. The Hall–Kier alpha value is -1.00. The van der Waals surface area contributed by atoms with E-state index in [2.05, 4.69) is 5.32 Å². The Morgan fingerprint density at radius 2 is 1.94 bits per heavy atom. The highest BCUT2D eigenvalue weighted by Crippen LogP contribution is 2.20. The number of hydrogen-bond donors (Lipinski definition) is 1. The summed E-state index contributed by atoms with van der Waals surface area (Å²) < 4.78 is 32.2. The molecule has 0 saturated carbocycles. The maximum absolute atomic E-state index is 13.7. The molecule has 2 nitrogen and oxygen atoms in total. The van der Waals surface area contributed by atoms with Gasteiger partial charge >= 0.3 is 0 Å². The van der Waals surface area contributed by atoms with Gasteiger partial charge in [-0.25, -0.2) is 8.78 Å². The van der Waals surface area contributed by atoms with Gasteiger partial charge in [-0.3, -0.25) is 0 Å². The number of hydrogen-bond acceptors (Lipinski definition) is 2. The van der Waals surface area contributed by atoms with Gasteiger partial charge in [0.1, 0.15) is 11.6 Å². The first-order valence-electron chi connectivity index (χ1n) is 6.16. The average Bonchev–Trinajstić information content (AvgIpc) is 2.24. The molecule has 0 heterocycles. The van der Waals surface area contributed by atoms with Crippen molar-refractivity contribution in [2.45, 2.75) is 39.3 Å². The number of nitrogens with one attached hydrogen (secondary N) is 1. The van der Waals surface area contributed by atoms with Gasteiger partial charge in [0.05, 0.1) is 18.2 Å². The molecule has 0 aliphatic heterocycles. The predicted molar refractivity (Wildman–Crippen MR) is 68.5 cm³/mol. The Balaban J connectivity index is 2.83. The minimum Gasteiger partial charge on any atom is -0.374 e. The van der Waals surface area contributed by atoms with Gasteiger partial charge in [0.25, 0.3) is 0 Å². The molecule has 0 aliphatic carbocycles. The van der Waals surface area contributed by atoms with Crippen LogP contribution in [0.25, 0.3) is 0 Å². The van der Waals surface area contributed by atoms with Crippen molar-refractivity contribution < 1.29 is 13.5 Å². The molecule has 1 aromatic carbocycles. The summed E-state index contributed by atoms with van der Waals surface area (Å²) in [6.45, 7) is 8.80. The fourth-order valence-corrected chi connectivity index (χ4v) is 1.62. The average molecular weight is 257 g/mol. The van der Waals surface area contributed by atoms with E-state index in [4.69, 9.17) is 4.74 Å². The first-order valence-corrected chi connectivity index (χ1v) is 6.16. The number of rotatable bonds is 5. The van der Waals surface area contributed by atoms with Gasteiger partial charge in [-0.2, -0.15) is 0 Å². The van der Waals surface area contributed by atoms with E-state index in [-0.39, 0.29) is 11.6 Å². The third-order valence-corrected chi connectivity index (χ3v) is 2.47. The lowest BCUT2D eigenvalue weighted by Gasteiger charge is -2.25. The lowest BCUT2D eigenvalue weighted by atomic mass is 10.1. The topological polar surface area (TPSA) is 21.3 Å². The van der Waals surface area contributed by atoms with E-state index in [1.165, 1.54) is 12.1 Å². The third-order valence-electron chi connectivity index (χ3n) is 2.47. The van der Waals surface area contributed by atoms with Crippen molar-refractivity contribution in [1.82, 2.24) is 5.32 Å². The van der Waals surface area contributed by atoms with Gasteiger partial charge in [0.15, 0.2) is 0 Å². The van der Waals surface area contributed by atoms with E-state index in [9.17, 15) is 8.78 Å². The van der Waals surface area contributed by atoms with Gasteiger partial charge in [-0.15, -0.1) is 0 Å². The van der Waals surface area contributed by atoms with Crippen molar-refractivity contribution in [3.05, 3.63) is 35.4 Å². The number of benzene rings is 1. The second-order valence-electron chi connectivity index (χ2n) is 5.20. The van der Waals surface area contributed by atoms with Crippen LogP contribution in [0.5, 0.6) is 0 Å². The second kappa shape index (κ2) is 6.25.